The number of halogens is 1. The molecule has 14 nitrogen and oxygen atoms in total. The van der Waals surface area contributed by atoms with Crippen molar-refractivity contribution < 1.29 is 38.3 Å². The molecule has 6 aromatic rings. The van der Waals surface area contributed by atoms with E-state index in [1.165, 1.54) is 61.4 Å². The summed E-state index contributed by atoms with van der Waals surface area (Å²) in [6.45, 7) is 28.2. The highest BCUT2D eigenvalue weighted by Gasteiger charge is 2.52. The van der Waals surface area contributed by atoms with Crippen LogP contribution in [0.1, 0.15) is 177 Å². The van der Waals surface area contributed by atoms with Crippen LogP contribution in [0.25, 0.3) is 22.8 Å². The molecule has 400 valence electrons. The number of aromatic nitrogens is 6. The van der Waals surface area contributed by atoms with Crippen LogP contribution in [0.3, 0.4) is 0 Å². The Kier molecular flexibility index (Phi) is 17.1. The predicted molar refractivity (Wildman–Crippen MR) is 296 cm³/mol. The van der Waals surface area contributed by atoms with E-state index in [1.54, 1.807) is 34.6 Å². The second-order valence-electron chi connectivity index (χ2n) is 22.1. The molecule has 1 N–H and O–H groups in total. The standard InChI is InChI=1S/C19H22N2O2.C17H18N2O2.C16H23BO2.C8H9ClN2O2/c1-5-23-18(22)16-12(2)20-17(21-13(16)3)14-6-8-15(9-7-14)19(4)10-11-19;1-10-14(16(20)21)11(2)19-15(18-10)12-4-6-13(7-5-12)17(3)8-9-17;1-14(2)15(3,4)19-17(18-14)13-8-6-12(7-9-13)16(5)10-11-16;1-3-13-7(12)6-4-10-8(9)11-5(6)2/h6-9H,5,10-11H2,1-4H3;4-7H,8-9H2,1-3H3,(H,20,21);6-9H,10-11H2,1-5H3;4H,3H2,1-2H3. The molecule has 4 heterocycles. The Morgan fingerprint density at radius 1 is 0.539 bits per heavy atom. The molecule has 76 heavy (non-hydrogen) atoms. The first-order valence-corrected chi connectivity index (χ1v) is 26.6. The minimum absolute atomic E-state index is 0.130. The molecule has 1 saturated heterocycles. The summed E-state index contributed by atoms with van der Waals surface area (Å²) < 4.78 is 22.0. The van der Waals surface area contributed by atoms with Gasteiger partial charge in [0.15, 0.2) is 11.6 Å². The number of benzene rings is 3. The van der Waals surface area contributed by atoms with E-state index < -0.39 is 11.9 Å². The van der Waals surface area contributed by atoms with Gasteiger partial charge >= 0.3 is 25.0 Å². The van der Waals surface area contributed by atoms with Crippen LogP contribution in [0, 0.1) is 34.6 Å². The topological polar surface area (TPSA) is 186 Å². The van der Waals surface area contributed by atoms with Gasteiger partial charge in [0.1, 0.15) is 11.1 Å². The number of rotatable bonds is 11. The van der Waals surface area contributed by atoms with E-state index in [9.17, 15) is 14.4 Å². The molecule has 16 heteroatoms. The third kappa shape index (κ3) is 13.2. The van der Waals surface area contributed by atoms with Gasteiger partial charge in [-0.15, -0.1) is 0 Å². The molecule has 1 aliphatic heterocycles. The zero-order valence-corrected chi connectivity index (χ0v) is 47.4. The summed E-state index contributed by atoms with van der Waals surface area (Å²) in [6.07, 6.45) is 8.99. The second kappa shape index (κ2) is 22.7. The number of hydrogen-bond acceptors (Lipinski definition) is 13. The predicted octanol–water partition coefficient (Wildman–Crippen LogP) is 12.2. The number of ether oxygens (including phenoxy) is 2. The lowest BCUT2D eigenvalue weighted by atomic mass is 9.78. The van der Waals surface area contributed by atoms with Gasteiger partial charge in [-0.3, -0.25) is 0 Å². The minimum Gasteiger partial charge on any atom is -0.478 e. The zero-order valence-electron chi connectivity index (χ0n) is 46.6. The molecule has 3 aromatic carbocycles. The molecule has 3 aromatic heterocycles. The van der Waals surface area contributed by atoms with E-state index in [0.29, 0.717) is 80.7 Å². The Hall–Kier alpha value is -6.42. The molecule has 0 bridgehead atoms. The average molecular weight is 1050 g/mol. The van der Waals surface area contributed by atoms with Crippen molar-refractivity contribution in [1.82, 2.24) is 29.9 Å². The summed E-state index contributed by atoms with van der Waals surface area (Å²) in [5.74, 6) is -0.515. The number of aromatic carboxylic acids is 1. The number of carboxylic acids is 1. The van der Waals surface area contributed by atoms with Gasteiger partial charge in [0.2, 0.25) is 5.28 Å². The van der Waals surface area contributed by atoms with Crippen molar-refractivity contribution in [2.75, 3.05) is 13.2 Å². The van der Waals surface area contributed by atoms with Gasteiger partial charge in [-0.05, 0) is 165 Å². The molecule has 0 amide bonds. The first-order valence-electron chi connectivity index (χ1n) is 26.2. The Bertz CT molecular complexity index is 3040. The zero-order chi connectivity index (χ0) is 55.5. The molecule has 4 fully saturated rings. The Morgan fingerprint density at radius 3 is 1.24 bits per heavy atom. The maximum atomic E-state index is 12.0. The highest BCUT2D eigenvalue weighted by molar-refractivity contribution is 6.62. The molecule has 3 saturated carbocycles. The van der Waals surface area contributed by atoms with Crippen molar-refractivity contribution in [3.05, 3.63) is 146 Å². The number of hydrogen-bond donors (Lipinski definition) is 1. The maximum Gasteiger partial charge on any atom is 0.494 e. The number of esters is 2. The molecule has 10 rings (SSSR count). The van der Waals surface area contributed by atoms with Gasteiger partial charge in [0, 0.05) is 17.3 Å². The van der Waals surface area contributed by atoms with E-state index in [4.69, 9.17) is 35.5 Å². The lowest BCUT2D eigenvalue weighted by Crippen LogP contribution is -2.41. The van der Waals surface area contributed by atoms with Gasteiger partial charge in [-0.1, -0.05) is 93.6 Å². The maximum absolute atomic E-state index is 12.0. The van der Waals surface area contributed by atoms with Crippen LogP contribution >= 0.6 is 11.6 Å². The summed E-state index contributed by atoms with van der Waals surface area (Å²) in [7, 11) is -0.244. The van der Waals surface area contributed by atoms with Gasteiger partial charge in [0.05, 0.1) is 58.4 Å². The molecule has 0 radical (unpaired) electrons. The van der Waals surface area contributed by atoms with E-state index in [2.05, 4.69) is 139 Å². The fraction of sp³-hybridized carbons (Fsp3) is 0.450. The third-order valence-electron chi connectivity index (χ3n) is 15.5. The molecular weight excluding hydrogens is 979 g/mol. The Labute approximate surface area is 453 Å². The average Bonchev–Trinajstić information content (AvgIpc) is 4.32. The van der Waals surface area contributed by atoms with Crippen molar-refractivity contribution in [2.45, 2.75) is 163 Å². The summed E-state index contributed by atoms with van der Waals surface area (Å²) in [4.78, 5) is 59.6. The summed E-state index contributed by atoms with van der Waals surface area (Å²) in [6, 6.07) is 25.5. The highest BCUT2D eigenvalue weighted by atomic mass is 35.5. The lowest BCUT2D eigenvalue weighted by Gasteiger charge is -2.32. The molecule has 3 aliphatic carbocycles. The van der Waals surface area contributed by atoms with Gasteiger partial charge in [-0.25, -0.2) is 44.3 Å². The smallest absolute Gasteiger partial charge is 0.478 e. The SMILES string of the molecule is CC1(c2ccc(B3OC(C)(C)C(C)(C)O3)cc2)CC1.CCOC(=O)c1c(C)nc(-c2ccc(C3(C)CC3)cc2)nc1C.CCOC(=O)c1cnc(Cl)nc1C.Cc1nc(-c2ccc(C3(C)CC3)cc2)nc(C)c1C(=O)O. The van der Waals surface area contributed by atoms with Crippen LogP contribution in [0.4, 0.5) is 0 Å². The summed E-state index contributed by atoms with van der Waals surface area (Å²) in [5.41, 5.74) is 11.6. The quantitative estimate of drug-likeness (QED) is 0.0734. The van der Waals surface area contributed by atoms with Crippen LogP contribution < -0.4 is 5.46 Å². The summed E-state index contributed by atoms with van der Waals surface area (Å²) >= 11 is 5.52. The fourth-order valence-electron chi connectivity index (χ4n) is 8.84. The van der Waals surface area contributed by atoms with Crippen molar-refractivity contribution >= 4 is 42.1 Å². The molecular formula is C60H72BClN6O8. The van der Waals surface area contributed by atoms with E-state index in [-0.39, 0.29) is 35.1 Å². The number of carbonyl (C=O) groups excluding carboxylic acids is 2. The molecule has 4 aliphatic rings. The van der Waals surface area contributed by atoms with E-state index in [1.807, 2.05) is 26.0 Å². The highest BCUT2D eigenvalue weighted by Crippen LogP contribution is 2.49. The fourth-order valence-corrected chi connectivity index (χ4v) is 9.02. The van der Waals surface area contributed by atoms with Crippen LogP contribution in [0.15, 0.2) is 79.0 Å². The Balaban J connectivity index is 0.000000150. The summed E-state index contributed by atoms with van der Waals surface area (Å²) in [5, 5.41) is 9.29. The van der Waals surface area contributed by atoms with Crippen molar-refractivity contribution in [2.24, 2.45) is 0 Å². The van der Waals surface area contributed by atoms with Gasteiger partial charge < -0.3 is 23.9 Å². The van der Waals surface area contributed by atoms with E-state index >= 15 is 0 Å². The largest absolute Gasteiger partial charge is 0.494 e. The lowest BCUT2D eigenvalue weighted by molar-refractivity contribution is 0.00578. The van der Waals surface area contributed by atoms with Gasteiger partial charge in [0.25, 0.3) is 0 Å². The van der Waals surface area contributed by atoms with Crippen molar-refractivity contribution in [1.29, 1.82) is 0 Å². The van der Waals surface area contributed by atoms with Crippen molar-refractivity contribution in [3.8, 4) is 22.8 Å². The van der Waals surface area contributed by atoms with Crippen molar-refractivity contribution in [3.63, 3.8) is 0 Å². The number of aryl methyl sites for hydroxylation is 5. The molecule has 0 unspecified atom stereocenters. The monoisotopic (exact) mass is 1050 g/mol. The van der Waals surface area contributed by atoms with Crippen LogP contribution in [-0.4, -0.2) is 84.5 Å². The second-order valence-corrected chi connectivity index (χ2v) is 22.5. The van der Waals surface area contributed by atoms with E-state index in [0.717, 1.165) is 16.6 Å². The number of nitrogens with zero attached hydrogens (tertiary/aromatic N) is 6. The first-order chi connectivity index (χ1) is 35.7. The normalized spacial score (nSPS) is 17.3. The number of carbonyl (C=O) groups is 3. The third-order valence-corrected chi connectivity index (χ3v) is 15.7. The van der Waals surface area contributed by atoms with Crippen LogP contribution in [-0.2, 0) is 35.0 Å². The van der Waals surface area contributed by atoms with Gasteiger partial charge in [-0.2, -0.15) is 0 Å². The van der Waals surface area contributed by atoms with Crippen LogP contribution in [0.2, 0.25) is 5.28 Å². The number of carboxylic acid groups (broad SMARTS) is 1. The molecule has 0 spiro atoms. The Morgan fingerprint density at radius 2 is 0.895 bits per heavy atom. The first kappa shape index (κ1) is 57.3. The van der Waals surface area contributed by atoms with Crippen LogP contribution in [0.5, 0.6) is 0 Å². The molecule has 0 atom stereocenters. The minimum atomic E-state index is -0.978.